The van der Waals surface area contributed by atoms with Crippen LogP contribution in [-0.2, 0) is 0 Å². The van der Waals surface area contributed by atoms with Gasteiger partial charge in [-0.15, -0.1) is 0 Å². The Labute approximate surface area is 101 Å². The average molecular weight is 224 g/mol. The van der Waals surface area contributed by atoms with Crippen molar-refractivity contribution in [3.8, 4) is 0 Å². The number of hydrogen-bond donors (Lipinski definition) is 2. The first-order chi connectivity index (χ1) is 7.54. The highest BCUT2D eigenvalue weighted by Gasteiger charge is 2.33. The van der Waals surface area contributed by atoms with E-state index in [2.05, 4.69) is 38.3 Å². The van der Waals surface area contributed by atoms with Crippen LogP contribution in [0.2, 0.25) is 0 Å². The lowest BCUT2D eigenvalue weighted by Gasteiger charge is -2.42. The maximum atomic E-state index is 3.66. The van der Waals surface area contributed by atoms with E-state index in [1.54, 1.807) is 0 Å². The highest BCUT2D eigenvalue weighted by Crippen LogP contribution is 2.35. The van der Waals surface area contributed by atoms with E-state index in [0.29, 0.717) is 24.2 Å². The molecule has 0 aromatic carbocycles. The van der Waals surface area contributed by atoms with E-state index in [-0.39, 0.29) is 0 Å². The molecule has 0 saturated carbocycles. The second-order valence-corrected chi connectivity index (χ2v) is 6.40. The van der Waals surface area contributed by atoms with Crippen molar-refractivity contribution in [2.24, 2.45) is 11.8 Å². The lowest BCUT2D eigenvalue weighted by molar-refractivity contribution is 0.133. The summed E-state index contributed by atoms with van der Waals surface area (Å²) in [6, 6.07) is 2.87. The van der Waals surface area contributed by atoms with Crippen molar-refractivity contribution in [3.05, 3.63) is 0 Å². The van der Waals surface area contributed by atoms with Gasteiger partial charge in [0.15, 0.2) is 0 Å². The van der Waals surface area contributed by atoms with Crippen LogP contribution in [0, 0.1) is 11.8 Å². The maximum absolute atomic E-state index is 3.66. The first-order valence-corrected chi connectivity index (χ1v) is 7.06. The van der Waals surface area contributed by atoms with Crippen LogP contribution in [0.5, 0.6) is 0 Å². The van der Waals surface area contributed by atoms with Gasteiger partial charge in [0.1, 0.15) is 0 Å². The Kier molecular flexibility index (Phi) is 3.91. The van der Waals surface area contributed by atoms with Crippen LogP contribution in [0.3, 0.4) is 0 Å². The van der Waals surface area contributed by atoms with Gasteiger partial charge in [0.2, 0.25) is 0 Å². The van der Waals surface area contributed by atoms with E-state index in [0.717, 1.165) is 11.8 Å². The molecule has 0 aliphatic carbocycles. The van der Waals surface area contributed by atoms with Crippen molar-refractivity contribution in [1.82, 2.24) is 10.6 Å². The summed E-state index contributed by atoms with van der Waals surface area (Å²) in [5.41, 5.74) is 0. The normalized spacial score (nSPS) is 50.2. The Hall–Kier alpha value is -0.0800. The van der Waals surface area contributed by atoms with Gasteiger partial charge in [-0.25, -0.2) is 0 Å². The molecule has 2 heterocycles. The molecular weight excluding hydrogens is 196 g/mol. The maximum Gasteiger partial charge on any atom is 0.00439 e. The zero-order chi connectivity index (χ0) is 11.7. The third-order valence-electron chi connectivity index (χ3n) is 4.43. The Morgan fingerprint density at radius 1 is 0.562 bits per heavy atom. The zero-order valence-corrected chi connectivity index (χ0v) is 11.3. The van der Waals surface area contributed by atoms with E-state index in [4.69, 9.17) is 0 Å². The largest absolute Gasteiger partial charge is 0.312 e. The average Bonchev–Trinajstić information content (AvgIpc) is 2.14. The van der Waals surface area contributed by atoms with Crippen LogP contribution in [0.15, 0.2) is 0 Å². The molecule has 0 radical (unpaired) electrons. The Bertz CT molecular complexity index is 185. The van der Waals surface area contributed by atoms with Gasteiger partial charge in [0, 0.05) is 24.2 Å². The second kappa shape index (κ2) is 5.05. The molecule has 4 unspecified atom stereocenters. The van der Waals surface area contributed by atoms with Gasteiger partial charge in [-0.05, 0) is 65.2 Å². The van der Waals surface area contributed by atoms with Crippen molar-refractivity contribution in [3.63, 3.8) is 0 Å². The van der Waals surface area contributed by atoms with Crippen LogP contribution < -0.4 is 10.6 Å². The highest BCUT2D eigenvalue weighted by atomic mass is 15.0. The second-order valence-electron chi connectivity index (χ2n) is 6.40. The minimum Gasteiger partial charge on any atom is -0.312 e. The summed E-state index contributed by atoms with van der Waals surface area (Å²) in [6.45, 7) is 9.38. The number of nitrogens with one attached hydrogen (secondary N) is 2. The molecule has 2 fully saturated rings. The van der Waals surface area contributed by atoms with Crippen LogP contribution in [0.4, 0.5) is 0 Å². The van der Waals surface area contributed by atoms with Crippen LogP contribution in [0.25, 0.3) is 0 Å². The summed E-state index contributed by atoms with van der Waals surface area (Å²) in [4.78, 5) is 0. The fourth-order valence-electron chi connectivity index (χ4n) is 4.02. The summed E-state index contributed by atoms with van der Waals surface area (Å²) >= 11 is 0. The molecule has 0 aromatic heterocycles. The van der Waals surface area contributed by atoms with Crippen LogP contribution in [-0.4, -0.2) is 24.2 Å². The standard InChI is InChI=1S/C14H28N2/c1-9-5-13(6-10(2)15-9)14-7-11(3)16-12(4)8-14/h9-16H,5-8H2,1-4H3. The summed E-state index contributed by atoms with van der Waals surface area (Å²) < 4.78 is 0. The molecule has 2 rings (SSSR count). The van der Waals surface area contributed by atoms with E-state index >= 15 is 0 Å². The quantitative estimate of drug-likeness (QED) is 0.715. The molecule has 0 bridgehead atoms. The summed E-state index contributed by atoms with van der Waals surface area (Å²) in [7, 11) is 0. The van der Waals surface area contributed by atoms with E-state index in [1.807, 2.05) is 0 Å². The smallest absolute Gasteiger partial charge is 0.00439 e. The predicted molar refractivity (Wildman–Crippen MR) is 69.6 cm³/mol. The fourth-order valence-corrected chi connectivity index (χ4v) is 4.02. The Morgan fingerprint density at radius 3 is 1.06 bits per heavy atom. The Balaban J connectivity index is 1.95. The van der Waals surface area contributed by atoms with Gasteiger partial charge in [-0.2, -0.15) is 0 Å². The molecule has 16 heavy (non-hydrogen) atoms. The van der Waals surface area contributed by atoms with Crippen LogP contribution >= 0.6 is 0 Å². The fraction of sp³-hybridized carbons (Fsp3) is 1.00. The van der Waals surface area contributed by atoms with Crippen molar-refractivity contribution < 1.29 is 0 Å². The minimum absolute atomic E-state index is 0.717. The summed E-state index contributed by atoms with van der Waals surface area (Å²) in [5.74, 6) is 1.91. The molecule has 0 spiro atoms. The monoisotopic (exact) mass is 224 g/mol. The SMILES string of the molecule is CC1CC(C2CC(C)NC(C)C2)CC(C)N1. The molecule has 2 nitrogen and oxygen atoms in total. The van der Waals surface area contributed by atoms with Gasteiger partial charge in [-0.3, -0.25) is 0 Å². The number of hydrogen-bond acceptors (Lipinski definition) is 2. The zero-order valence-electron chi connectivity index (χ0n) is 11.3. The van der Waals surface area contributed by atoms with Gasteiger partial charge >= 0.3 is 0 Å². The topological polar surface area (TPSA) is 24.1 Å². The molecule has 94 valence electrons. The van der Waals surface area contributed by atoms with Crippen molar-refractivity contribution >= 4 is 0 Å². The van der Waals surface area contributed by atoms with Crippen molar-refractivity contribution in [2.45, 2.75) is 77.5 Å². The summed E-state index contributed by atoms with van der Waals surface area (Å²) in [5, 5.41) is 7.31. The number of piperidine rings is 2. The molecule has 2 N–H and O–H groups in total. The lowest BCUT2D eigenvalue weighted by Crippen LogP contribution is -2.49. The van der Waals surface area contributed by atoms with Crippen molar-refractivity contribution in [2.75, 3.05) is 0 Å². The molecule has 0 amide bonds. The molecule has 2 aliphatic heterocycles. The van der Waals surface area contributed by atoms with Gasteiger partial charge < -0.3 is 10.6 Å². The molecule has 2 aliphatic rings. The molecule has 0 aromatic rings. The molecule has 2 heteroatoms. The van der Waals surface area contributed by atoms with E-state index in [1.165, 1.54) is 25.7 Å². The first kappa shape index (κ1) is 12.4. The third kappa shape index (κ3) is 2.98. The minimum atomic E-state index is 0.717. The van der Waals surface area contributed by atoms with E-state index in [9.17, 15) is 0 Å². The van der Waals surface area contributed by atoms with Crippen molar-refractivity contribution in [1.29, 1.82) is 0 Å². The molecule has 4 atom stereocenters. The van der Waals surface area contributed by atoms with Crippen LogP contribution in [0.1, 0.15) is 53.4 Å². The Morgan fingerprint density at radius 2 is 0.812 bits per heavy atom. The molecular formula is C14H28N2. The van der Waals surface area contributed by atoms with Gasteiger partial charge in [0.25, 0.3) is 0 Å². The summed E-state index contributed by atoms with van der Waals surface area (Å²) in [6.07, 6.45) is 5.53. The van der Waals surface area contributed by atoms with Gasteiger partial charge in [-0.1, -0.05) is 0 Å². The third-order valence-corrected chi connectivity index (χ3v) is 4.43. The molecule has 2 saturated heterocycles. The highest BCUT2D eigenvalue weighted by molar-refractivity contribution is 4.90. The lowest BCUT2D eigenvalue weighted by atomic mass is 9.73. The predicted octanol–water partition coefficient (Wildman–Crippen LogP) is 2.54. The van der Waals surface area contributed by atoms with Gasteiger partial charge in [0.05, 0.1) is 0 Å². The van der Waals surface area contributed by atoms with E-state index < -0.39 is 0 Å². The number of rotatable bonds is 1. The first-order valence-electron chi connectivity index (χ1n) is 7.06.